The number of alkyl carbamates (subject to hydrolysis) is 1. The Labute approximate surface area is 299 Å². The molecule has 3 heterocycles. The van der Waals surface area contributed by atoms with Gasteiger partial charge in [-0.05, 0) is 79.4 Å². The second-order valence-corrected chi connectivity index (χ2v) is 14.5. The smallest absolute Gasteiger partial charge is 0.408 e. The predicted octanol–water partition coefficient (Wildman–Crippen LogP) is 4.26. The van der Waals surface area contributed by atoms with Crippen molar-refractivity contribution >= 4 is 50.7 Å². The lowest BCUT2D eigenvalue weighted by molar-refractivity contribution is -0.148. The highest BCUT2D eigenvalue weighted by atomic mass is 79.9. The Hall–Kier alpha value is -4.07. The number of methoxy groups -OCH3 is 2. The van der Waals surface area contributed by atoms with Gasteiger partial charge in [0.15, 0.2) is 0 Å². The van der Waals surface area contributed by atoms with Gasteiger partial charge in [0.1, 0.15) is 41.3 Å². The minimum Gasteiger partial charge on any atom is -0.495 e. The third kappa shape index (κ3) is 7.22. The first-order valence-corrected chi connectivity index (χ1v) is 18.2. The maximum Gasteiger partial charge on any atom is 0.408 e. The minimum absolute atomic E-state index is 0.00928. The van der Waals surface area contributed by atoms with E-state index >= 15 is 0 Å². The van der Waals surface area contributed by atoms with Gasteiger partial charge in [-0.1, -0.05) is 25.0 Å². The number of pyridine rings is 1. The van der Waals surface area contributed by atoms with E-state index in [-0.39, 0.29) is 30.5 Å². The summed E-state index contributed by atoms with van der Waals surface area (Å²) in [5.74, 6) is -0.904. The maximum absolute atomic E-state index is 14.4. The van der Waals surface area contributed by atoms with Crippen LogP contribution in [0.1, 0.15) is 70.6 Å². The zero-order chi connectivity index (χ0) is 35.6. The third-order valence-corrected chi connectivity index (χ3v) is 11.2. The van der Waals surface area contributed by atoms with Gasteiger partial charge in [0, 0.05) is 30.8 Å². The molecule has 0 spiro atoms. The average Bonchev–Trinajstić information content (AvgIpc) is 3.38. The van der Waals surface area contributed by atoms with E-state index in [4.69, 9.17) is 18.9 Å². The highest BCUT2D eigenvalue weighted by Gasteiger charge is 2.62. The second kappa shape index (κ2) is 15.0. The van der Waals surface area contributed by atoms with Gasteiger partial charge in [0.2, 0.25) is 11.8 Å². The largest absolute Gasteiger partial charge is 0.495 e. The monoisotopic (exact) mass is 756 g/mol. The molecule has 6 rings (SSSR count). The first-order chi connectivity index (χ1) is 24.1. The van der Waals surface area contributed by atoms with Crippen molar-refractivity contribution in [2.24, 2.45) is 13.0 Å². The minimum atomic E-state index is -1.23. The first kappa shape index (κ1) is 35.7. The van der Waals surface area contributed by atoms with Gasteiger partial charge in [0.25, 0.3) is 5.56 Å². The second-order valence-electron chi connectivity index (χ2n) is 13.7. The van der Waals surface area contributed by atoms with Gasteiger partial charge in [0.05, 0.1) is 30.8 Å². The molecule has 2 aliphatic carbocycles. The Morgan fingerprint density at radius 2 is 1.76 bits per heavy atom. The number of rotatable bonds is 6. The molecule has 3 fully saturated rings. The number of aromatic nitrogens is 1. The molecule has 0 bridgehead atoms. The van der Waals surface area contributed by atoms with E-state index < -0.39 is 47.6 Å². The van der Waals surface area contributed by atoms with Crippen molar-refractivity contribution < 1.29 is 38.1 Å². The molecule has 1 aromatic heterocycles. The van der Waals surface area contributed by atoms with Crippen molar-refractivity contribution in [1.82, 2.24) is 20.1 Å². The van der Waals surface area contributed by atoms with Crippen LogP contribution in [0.5, 0.6) is 11.5 Å². The summed E-state index contributed by atoms with van der Waals surface area (Å²) < 4.78 is 24.7. The maximum atomic E-state index is 14.4. The number of nitrogens with zero attached hydrogens (tertiary/aromatic N) is 2. The molecule has 5 atom stereocenters. The van der Waals surface area contributed by atoms with E-state index in [0.29, 0.717) is 46.1 Å². The number of carbonyl (C=O) groups excluding carboxylic acids is 4. The molecule has 1 saturated heterocycles. The normalized spacial score (nSPS) is 27.4. The van der Waals surface area contributed by atoms with Gasteiger partial charge in [-0.15, -0.1) is 0 Å². The van der Waals surface area contributed by atoms with Crippen LogP contribution in [0.15, 0.2) is 39.6 Å². The van der Waals surface area contributed by atoms with Crippen molar-refractivity contribution in [3.8, 4) is 11.5 Å². The molecule has 270 valence electrons. The van der Waals surface area contributed by atoms with Gasteiger partial charge >= 0.3 is 12.1 Å². The lowest BCUT2D eigenvalue weighted by Gasteiger charge is -2.29. The quantitative estimate of drug-likeness (QED) is 0.325. The van der Waals surface area contributed by atoms with E-state index in [1.165, 1.54) is 29.8 Å². The third-order valence-electron chi connectivity index (χ3n) is 10.4. The number of allylic oxidation sites excluding steroid dienone is 1. The number of ether oxygens (including phenoxy) is 4. The number of fused-ring (bicyclic) bond motifs is 3. The van der Waals surface area contributed by atoms with Crippen LogP contribution in [0.25, 0.3) is 10.9 Å². The van der Waals surface area contributed by atoms with Gasteiger partial charge in [-0.3, -0.25) is 14.4 Å². The molecule has 0 unspecified atom stereocenters. The van der Waals surface area contributed by atoms with Gasteiger partial charge in [-0.25, -0.2) is 9.59 Å². The fraction of sp³-hybridized carbons (Fsp3) is 0.583. The SMILES string of the molecule is COC(=O)[C@@]12C[C@H]1C=CCCCCC[C@H](NC(=O)OC1CCCC1)C(=O)N1C[C@H](Oc3cc(=O)n(C)c4c(Br)c(OC)ccc34)C[C@H]1C(=O)N2. The van der Waals surface area contributed by atoms with E-state index in [1.807, 2.05) is 12.2 Å². The topological polar surface area (TPSA) is 154 Å². The van der Waals surface area contributed by atoms with Gasteiger partial charge < -0.3 is 39.0 Å². The van der Waals surface area contributed by atoms with Crippen LogP contribution in [0.3, 0.4) is 0 Å². The van der Waals surface area contributed by atoms with E-state index in [9.17, 15) is 24.0 Å². The van der Waals surface area contributed by atoms with Crippen molar-refractivity contribution in [3.05, 3.63) is 45.2 Å². The molecule has 14 heteroatoms. The average molecular weight is 758 g/mol. The fourth-order valence-electron chi connectivity index (χ4n) is 7.55. The molecule has 2 aromatic rings. The number of esters is 1. The van der Waals surface area contributed by atoms with Crippen LogP contribution < -0.4 is 25.7 Å². The molecular weight excluding hydrogens is 712 g/mol. The Balaban J connectivity index is 1.32. The summed E-state index contributed by atoms with van der Waals surface area (Å²) >= 11 is 3.55. The van der Waals surface area contributed by atoms with E-state index in [0.717, 1.165) is 44.9 Å². The Kier molecular flexibility index (Phi) is 10.8. The number of hydrogen-bond acceptors (Lipinski definition) is 9. The lowest BCUT2D eigenvalue weighted by Crippen LogP contribution is -2.56. The van der Waals surface area contributed by atoms with Crippen molar-refractivity contribution in [2.45, 2.75) is 100 Å². The molecule has 1 aromatic carbocycles. The molecule has 50 heavy (non-hydrogen) atoms. The summed E-state index contributed by atoms with van der Waals surface area (Å²) in [6.45, 7) is 0.00928. The molecular formula is C36H45BrN4O9. The van der Waals surface area contributed by atoms with Crippen molar-refractivity contribution in [1.29, 1.82) is 0 Å². The van der Waals surface area contributed by atoms with Gasteiger partial charge in [-0.2, -0.15) is 0 Å². The summed E-state index contributed by atoms with van der Waals surface area (Å²) in [5, 5.41) is 6.38. The first-order valence-electron chi connectivity index (χ1n) is 17.4. The van der Waals surface area contributed by atoms with Crippen molar-refractivity contribution in [2.75, 3.05) is 20.8 Å². The number of carbonyl (C=O) groups is 4. The predicted molar refractivity (Wildman–Crippen MR) is 187 cm³/mol. The molecule has 4 aliphatic rings. The molecule has 3 amide bonds. The summed E-state index contributed by atoms with van der Waals surface area (Å²) in [4.78, 5) is 69.1. The Bertz CT molecular complexity index is 1740. The lowest BCUT2D eigenvalue weighted by atomic mass is 10.0. The molecule has 2 saturated carbocycles. The van der Waals surface area contributed by atoms with Crippen LogP contribution >= 0.6 is 15.9 Å². The summed E-state index contributed by atoms with van der Waals surface area (Å²) in [6.07, 6.45) is 9.98. The van der Waals surface area contributed by atoms with Crippen LogP contribution in [0.4, 0.5) is 4.79 Å². The summed E-state index contributed by atoms with van der Waals surface area (Å²) in [6, 6.07) is 2.97. The highest BCUT2D eigenvalue weighted by molar-refractivity contribution is 9.10. The van der Waals surface area contributed by atoms with Crippen molar-refractivity contribution in [3.63, 3.8) is 0 Å². The number of aryl methyl sites for hydroxylation is 1. The molecule has 13 nitrogen and oxygen atoms in total. The van der Waals surface area contributed by atoms with Crippen LogP contribution in [0, 0.1) is 5.92 Å². The zero-order valence-corrected chi connectivity index (χ0v) is 30.3. The highest BCUT2D eigenvalue weighted by Crippen LogP contribution is 2.46. The van der Waals surface area contributed by atoms with Crippen LogP contribution in [-0.2, 0) is 30.9 Å². The number of nitrogens with one attached hydrogen (secondary N) is 2. The number of benzene rings is 1. The standard InChI is InChI=1S/C36H45BrN4O9/c1-40-29(42)18-28(24-15-16-27(47-2)30(37)31(24)40)49-23-17-26-32(43)39-36(34(45)48-3)19-21(36)11-7-5-4-6-8-14-25(33(44)41(26)20-23)38-35(46)50-22-12-9-10-13-22/h7,11,15-16,18,21-23,25-26H,4-6,8-10,12-14,17,19-20H2,1-3H3,(H,38,46)(H,39,43)/t21-,23-,25+,26+,36-/m1/s1. The number of hydrogen-bond donors (Lipinski definition) is 2. The van der Waals surface area contributed by atoms with E-state index in [1.54, 1.807) is 19.2 Å². The Morgan fingerprint density at radius 1 is 1.00 bits per heavy atom. The summed E-state index contributed by atoms with van der Waals surface area (Å²) in [5.41, 5.74) is -0.987. The number of amides is 3. The number of halogens is 1. The molecule has 2 aliphatic heterocycles. The molecule has 0 radical (unpaired) electrons. The Morgan fingerprint density at radius 3 is 2.50 bits per heavy atom. The zero-order valence-electron chi connectivity index (χ0n) is 28.7. The molecule has 2 N–H and O–H groups in total. The summed E-state index contributed by atoms with van der Waals surface area (Å²) in [7, 11) is 4.47. The fourth-order valence-corrected chi connectivity index (χ4v) is 8.33. The van der Waals surface area contributed by atoms with Crippen LogP contribution in [-0.4, -0.2) is 83.9 Å². The van der Waals surface area contributed by atoms with Crippen LogP contribution in [0.2, 0.25) is 0 Å². The van der Waals surface area contributed by atoms with E-state index in [2.05, 4.69) is 26.6 Å².